The number of amides is 1. The van der Waals surface area contributed by atoms with Crippen molar-refractivity contribution in [1.82, 2.24) is 10.2 Å². The molecule has 0 radical (unpaired) electrons. The highest BCUT2D eigenvalue weighted by Gasteiger charge is 2.34. The van der Waals surface area contributed by atoms with Crippen LogP contribution in [0.15, 0.2) is 48.5 Å². The molecule has 2 aliphatic rings. The summed E-state index contributed by atoms with van der Waals surface area (Å²) in [4.78, 5) is 15.3. The van der Waals surface area contributed by atoms with Crippen molar-refractivity contribution in [2.24, 2.45) is 0 Å². The van der Waals surface area contributed by atoms with E-state index in [0.717, 1.165) is 24.3 Å². The van der Waals surface area contributed by atoms with Crippen LogP contribution in [-0.2, 0) is 6.54 Å². The third-order valence-electron chi connectivity index (χ3n) is 5.50. The Morgan fingerprint density at radius 3 is 2.56 bits per heavy atom. The molecule has 1 saturated heterocycles. The largest absolute Gasteiger partial charge is 0.487 e. The summed E-state index contributed by atoms with van der Waals surface area (Å²) in [6.45, 7) is 7.47. The van der Waals surface area contributed by atoms with Crippen LogP contribution < -0.4 is 10.1 Å². The molecule has 2 aliphatic heterocycles. The van der Waals surface area contributed by atoms with E-state index in [-0.39, 0.29) is 17.6 Å². The van der Waals surface area contributed by atoms with E-state index in [1.54, 1.807) is 0 Å². The lowest BCUT2D eigenvalue weighted by atomic mass is 9.89. The Labute approximate surface area is 161 Å². The van der Waals surface area contributed by atoms with Crippen molar-refractivity contribution in [3.05, 3.63) is 65.2 Å². The maximum absolute atomic E-state index is 12.8. The van der Waals surface area contributed by atoms with E-state index in [2.05, 4.69) is 36.2 Å². The van der Waals surface area contributed by atoms with Crippen molar-refractivity contribution in [3.8, 4) is 5.75 Å². The standard InChI is InChI=1S/C23H28N2O2/c1-23(2)15-20(19-7-3-4-8-21(19)27-23)24-22(26)18-11-9-17(10-12-18)16-25-13-5-6-14-25/h3-4,7-12,20H,5-6,13-16H2,1-2H3,(H,24,26). The highest BCUT2D eigenvalue weighted by molar-refractivity contribution is 5.94. The Hall–Kier alpha value is -2.33. The van der Waals surface area contributed by atoms with Gasteiger partial charge in [-0.3, -0.25) is 9.69 Å². The maximum Gasteiger partial charge on any atom is 0.251 e. The summed E-state index contributed by atoms with van der Waals surface area (Å²) in [5, 5.41) is 3.21. The number of carbonyl (C=O) groups excluding carboxylic acids is 1. The average Bonchev–Trinajstić information content (AvgIpc) is 3.14. The molecule has 1 N–H and O–H groups in total. The predicted octanol–water partition coefficient (Wildman–Crippen LogP) is 4.31. The molecule has 0 aliphatic carbocycles. The zero-order valence-corrected chi connectivity index (χ0v) is 16.2. The van der Waals surface area contributed by atoms with Crippen LogP contribution in [0.5, 0.6) is 5.75 Å². The van der Waals surface area contributed by atoms with E-state index in [4.69, 9.17) is 4.74 Å². The van der Waals surface area contributed by atoms with Crippen LogP contribution in [0.25, 0.3) is 0 Å². The second kappa shape index (κ2) is 7.35. The van der Waals surface area contributed by atoms with Crippen LogP contribution in [-0.4, -0.2) is 29.5 Å². The molecule has 4 heteroatoms. The van der Waals surface area contributed by atoms with Crippen LogP contribution in [0.2, 0.25) is 0 Å². The van der Waals surface area contributed by atoms with E-state index in [9.17, 15) is 4.79 Å². The number of ether oxygens (including phenoxy) is 1. The van der Waals surface area contributed by atoms with Crippen molar-refractivity contribution < 1.29 is 9.53 Å². The molecule has 0 saturated carbocycles. The topological polar surface area (TPSA) is 41.6 Å². The maximum atomic E-state index is 12.8. The van der Waals surface area contributed by atoms with Crippen molar-refractivity contribution in [2.45, 2.75) is 51.3 Å². The number of carbonyl (C=O) groups is 1. The molecule has 1 fully saturated rings. The molecule has 27 heavy (non-hydrogen) atoms. The van der Waals surface area contributed by atoms with E-state index >= 15 is 0 Å². The molecule has 0 spiro atoms. The second-order valence-electron chi connectivity index (χ2n) is 8.31. The molecule has 1 amide bonds. The Morgan fingerprint density at radius 1 is 1.11 bits per heavy atom. The Bertz CT molecular complexity index is 807. The first kappa shape index (κ1) is 18.1. The molecule has 0 aromatic heterocycles. The first-order chi connectivity index (χ1) is 13.0. The van der Waals surface area contributed by atoms with Crippen LogP contribution in [0.1, 0.15) is 60.6 Å². The van der Waals surface area contributed by atoms with Gasteiger partial charge in [-0.2, -0.15) is 0 Å². The molecule has 0 bridgehead atoms. The van der Waals surface area contributed by atoms with E-state index in [0.29, 0.717) is 5.56 Å². The SMILES string of the molecule is CC1(C)CC(NC(=O)c2ccc(CN3CCCC3)cc2)c2ccccc2O1. The summed E-state index contributed by atoms with van der Waals surface area (Å²) >= 11 is 0. The van der Waals surface area contributed by atoms with Gasteiger partial charge in [0.05, 0.1) is 6.04 Å². The summed E-state index contributed by atoms with van der Waals surface area (Å²) in [5.74, 6) is 0.834. The summed E-state index contributed by atoms with van der Waals surface area (Å²) in [7, 11) is 0. The normalized spacial score (nSPS) is 21.3. The predicted molar refractivity (Wildman–Crippen MR) is 107 cm³/mol. The summed E-state index contributed by atoms with van der Waals surface area (Å²) in [6.07, 6.45) is 3.34. The minimum Gasteiger partial charge on any atom is -0.487 e. The van der Waals surface area contributed by atoms with Crippen molar-refractivity contribution in [3.63, 3.8) is 0 Å². The molecule has 2 heterocycles. The zero-order chi connectivity index (χ0) is 18.9. The smallest absolute Gasteiger partial charge is 0.251 e. The number of benzene rings is 2. The third-order valence-corrected chi connectivity index (χ3v) is 5.50. The van der Waals surface area contributed by atoms with Gasteiger partial charge in [0.2, 0.25) is 0 Å². The first-order valence-electron chi connectivity index (χ1n) is 9.90. The molecular weight excluding hydrogens is 336 g/mol. The third kappa shape index (κ3) is 4.16. The summed E-state index contributed by atoms with van der Waals surface area (Å²) in [6, 6.07) is 16.0. The minimum atomic E-state index is -0.300. The number of fused-ring (bicyclic) bond motifs is 1. The Morgan fingerprint density at radius 2 is 1.81 bits per heavy atom. The van der Waals surface area contributed by atoms with E-state index in [1.165, 1.54) is 31.5 Å². The second-order valence-corrected chi connectivity index (χ2v) is 8.31. The number of hydrogen-bond acceptors (Lipinski definition) is 3. The number of rotatable bonds is 4. The van der Waals surface area contributed by atoms with Crippen LogP contribution in [0.3, 0.4) is 0 Å². The highest BCUT2D eigenvalue weighted by Crippen LogP contribution is 2.39. The molecule has 4 rings (SSSR count). The molecule has 1 atom stereocenters. The number of nitrogens with zero attached hydrogens (tertiary/aromatic N) is 1. The number of hydrogen-bond donors (Lipinski definition) is 1. The number of para-hydroxylation sites is 1. The first-order valence-corrected chi connectivity index (χ1v) is 9.90. The van der Waals surface area contributed by atoms with Gasteiger partial charge in [-0.25, -0.2) is 0 Å². The molecular formula is C23H28N2O2. The zero-order valence-electron chi connectivity index (χ0n) is 16.2. The monoisotopic (exact) mass is 364 g/mol. The van der Waals surface area contributed by atoms with Gasteiger partial charge >= 0.3 is 0 Å². The fraction of sp³-hybridized carbons (Fsp3) is 0.435. The highest BCUT2D eigenvalue weighted by atomic mass is 16.5. The molecule has 1 unspecified atom stereocenters. The lowest BCUT2D eigenvalue weighted by Crippen LogP contribution is -2.41. The van der Waals surface area contributed by atoms with Crippen LogP contribution >= 0.6 is 0 Å². The van der Waals surface area contributed by atoms with Crippen LogP contribution in [0, 0.1) is 0 Å². The minimum absolute atomic E-state index is 0.0276. The lowest BCUT2D eigenvalue weighted by Gasteiger charge is -2.37. The fourth-order valence-corrected chi connectivity index (χ4v) is 4.13. The van der Waals surface area contributed by atoms with Crippen molar-refractivity contribution in [1.29, 1.82) is 0 Å². The van der Waals surface area contributed by atoms with Gasteiger partial charge in [0, 0.05) is 24.1 Å². The van der Waals surface area contributed by atoms with E-state index in [1.807, 2.05) is 36.4 Å². The summed E-state index contributed by atoms with van der Waals surface area (Å²) in [5.41, 5.74) is 2.73. The molecule has 2 aromatic rings. The number of nitrogens with one attached hydrogen (secondary N) is 1. The van der Waals surface area contributed by atoms with Gasteiger partial charge in [0.15, 0.2) is 0 Å². The molecule has 142 valence electrons. The molecule has 2 aromatic carbocycles. The fourth-order valence-electron chi connectivity index (χ4n) is 4.13. The summed E-state index contributed by atoms with van der Waals surface area (Å²) < 4.78 is 6.06. The Kier molecular flexibility index (Phi) is 4.92. The Balaban J connectivity index is 1.45. The van der Waals surface area contributed by atoms with Gasteiger partial charge in [-0.05, 0) is 63.5 Å². The quantitative estimate of drug-likeness (QED) is 0.879. The van der Waals surface area contributed by atoms with Gasteiger partial charge in [-0.15, -0.1) is 0 Å². The van der Waals surface area contributed by atoms with Crippen molar-refractivity contribution >= 4 is 5.91 Å². The number of likely N-dealkylation sites (tertiary alicyclic amines) is 1. The van der Waals surface area contributed by atoms with Gasteiger partial charge in [0.1, 0.15) is 11.4 Å². The van der Waals surface area contributed by atoms with Gasteiger partial charge in [0.25, 0.3) is 5.91 Å². The van der Waals surface area contributed by atoms with Crippen molar-refractivity contribution in [2.75, 3.05) is 13.1 Å². The molecule has 4 nitrogen and oxygen atoms in total. The van der Waals surface area contributed by atoms with Gasteiger partial charge < -0.3 is 10.1 Å². The average molecular weight is 364 g/mol. The van der Waals surface area contributed by atoms with E-state index < -0.39 is 0 Å². The van der Waals surface area contributed by atoms with Crippen LogP contribution in [0.4, 0.5) is 0 Å². The lowest BCUT2D eigenvalue weighted by molar-refractivity contribution is 0.0619. The van der Waals surface area contributed by atoms with Gasteiger partial charge in [-0.1, -0.05) is 30.3 Å².